The number of ether oxygens (including phenoxy) is 3. The Labute approximate surface area is 225 Å². The van der Waals surface area contributed by atoms with Crippen molar-refractivity contribution >= 4 is 40.8 Å². The quantitative estimate of drug-likeness (QED) is 0.171. The molecule has 0 aromatic heterocycles. The number of carbonyl (C=O) groups is 3. The average Bonchev–Trinajstić information content (AvgIpc) is 3.26. The summed E-state index contributed by atoms with van der Waals surface area (Å²) in [4.78, 5) is 35.8. The predicted octanol–water partition coefficient (Wildman–Crippen LogP) is 6.15. The van der Waals surface area contributed by atoms with Gasteiger partial charge in [-0.05, 0) is 84.3 Å². The second kappa shape index (κ2) is 13.3. The van der Waals surface area contributed by atoms with Crippen molar-refractivity contribution in [2.24, 2.45) is 0 Å². The van der Waals surface area contributed by atoms with Crippen LogP contribution >= 0.6 is 11.8 Å². The molecule has 1 N–H and O–H groups in total. The highest BCUT2D eigenvalue weighted by atomic mass is 32.2. The number of unbranched alkanes of at least 4 members (excludes halogenated alkanes) is 1. The third-order valence-corrected chi connectivity index (χ3v) is 6.37. The molecule has 0 aliphatic carbocycles. The van der Waals surface area contributed by atoms with Crippen molar-refractivity contribution < 1.29 is 28.6 Å². The highest BCUT2D eigenvalue weighted by Crippen LogP contribution is 2.26. The minimum atomic E-state index is -0.373. The van der Waals surface area contributed by atoms with E-state index >= 15 is 0 Å². The molecule has 0 saturated carbocycles. The van der Waals surface area contributed by atoms with E-state index in [1.165, 1.54) is 0 Å². The fourth-order valence-electron chi connectivity index (χ4n) is 3.54. The van der Waals surface area contributed by atoms with Crippen LogP contribution in [-0.4, -0.2) is 37.3 Å². The number of methoxy groups -OCH3 is 1. The van der Waals surface area contributed by atoms with Crippen LogP contribution in [0.1, 0.15) is 34.3 Å². The summed E-state index contributed by atoms with van der Waals surface area (Å²) < 4.78 is 16.7. The third kappa shape index (κ3) is 7.85. The Bertz CT molecular complexity index is 1350. The molecule has 1 aliphatic heterocycles. The number of benzene rings is 3. The normalized spacial score (nSPS) is 14.1. The first-order chi connectivity index (χ1) is 18.5. The predicted molar refractivity (Wildman–Crippen MR) is 149 cm³/mol. The summed E-state index contributed by atoms with van der Waals surface area (Å²) in [7, 11) is 1.61. The Balaban J connectivity index is 1.17. The molecule has 1 heterocycles. The molecule has 0 bridgehead atoms. The maximum atomic E-state index is 12.6. The summed E-state index contributed by atoms with van der Waals surface area (Å²) in [6.07, 6.45) is 6.59. The second-order valence-corrected chi connectivity index (χ2v) is 9.34. The van der Waals surface area contributed by atoms with Crippen LogP contribution in [-0.2, 0) is 4.79 Å². The van der Waals surface area contributed by atoms with E-state index in [9.17, 15) is 14.4 Å². The highest BCUT2D eigenvalue weighted by molar-refractivity contribution is 8.18. The number of rotatable bonds is 12. The van der Waals surface area contributed by atoms with Gasteiger partial charge in [0.1, 0.15) is 17.2 Å². The molecule has 38 heavy (non-hydrogen) atoms. The zero-order chi connectivity index (χ0) is 26.7. The van der Waals surface area contributed by atoms with Crippen LogP contribution in [0.15, 0.2) is 83.8 Å². The smallest absolute Gasteiger partial charge is 0.290 e. The average molecular weight is 530 g/mol. The molecule has 1 saturated heterocycles. The molecule has 194 valence electrons. The fraction of sp³-hybridized carbons (Fsp3) is 0.167. The van der Waals surface area contributed by atoms with Crippen molar-refractivity contribution in [2.75, 3.05) is 20.3 Å². The van der Waals surface area contributed by atoms with Crippen molar-refractivity contribution in [3.05, 3.63) is 100 Å². The molecule has 7 nitrogen and oxygen atoms in total. The molecule has 4 rings (SSSR count). The molecule has 3 aromatic carbocycles. The van der Waals surface area contributed by atoms with Crippen LogP contribution in [0.3, 0.4) is 0 Å². The van der Waals surface area contributed by atoms with Crippen LogP contribution in [0.25, 0.3) is 12.2 Å². The van der Waals surface area contributed by atoms with Gasteiger partial charge in [0.05, 0.1) is 25.2 Å². The fourth-order valence-corrected chi connectivity index (χ4v) is 4.22. The number of nitrogens with one attached hydrogen (secondary N) is 1. The van der Waals surface area contributed by atoms with Gasteiger partial charge in [-0.3, -0.25) is 19.7 Å². The number of carbonyl (C=O) groups excluding carboxylic acids is 3. The van der Waals surface area contributed by atoms with E-state index in [-0.39, 0.29) is 16.9 Å². The van der Waals surface area contributed by atoms with E-state index in [1.807, 2.05) is 60.7 Å². The molecular weight excluding hydrogens is 502 g/mol. The van der Waals surface area contributed by atoms with Gasteiger partial charge in [-0.1, -0.05) is 42.5 Å². The topological polar surface area (TPSA) is 90.9 Å². The molecular formula is C30H27NO6S. The summed E-state index contributed by atoms with van der Waals surface area (Å²) in [6.45, 7) is 1.04. The molecule has 0 unspecified atom stereocenters. The minimum Gasteiger partial charge on any atom is -0.497 e. The van der Waals surface area contributed by atoms with Crippen LogP contribution in [0.5, 0.6) is 17.2 Å². The van der Waals surface area contributed by atoms with Gasteiger partial charge in [0.15, 0.2) is 5.78 Å². The number of hydrogen-bond acceptors (Lipinski definition) is 7. The van der Waals surface area contributed by atoms with Crippen molar-refractivity contribution in [1.29, 1.82) is 0 Å². The molecule has 0 spiro atoms. The first-order valence-corrected chi connectivity index (χ1v) is 12.9. The minimum absolute atomic E-state index is 0.0966. The zero-order valence-corrected chi connectivity index (χ0v) is 21.7. The van der Waals surface area contributed by atoms with Crippen LogP contribution < -0.4 is 19.5 Å². The summed E-state index contributed by atoms with van der Waals surface area (Å²) in [5.41, 5.74) is 2.29. The Hall–Kier alpha value is -4.30. The van der Waals surface area contributed by atoms with Gasteiger partial charge in [0.2, 0.25) is 0 Å². The molecule has 1 aliphatic rings. The van der Waals surface area contributed by atoms with Gasteiger partial charge >= 0.3 is 0 Å². The summed E-state index contributed by atoms with van der Waals surface area (Å²) >= 11 is 0.892. The van der Waals surface area contributed by atoms with Crippen LogP contribution in [0.4, 0.5) is 4.79 Å². The first-order valence-electron chi connectivity index (χ1n) is 12.1. The highest BCUT2D eigenvalue weighted by Gasteiger charge is 2.24. The number of ketones is 1. The monoisotopic (exact) mass is 529 g/mol. The molecule has 2 amide bonds. The summed E-state index contributed by atoms with van der Waals surface area (Å²) in [5.74, 6) is 1.67. The third-order valence-electron chi connectivity index (χ3n) is 5.56. The number of imide groups is 1. The Morgan fingerprint density at radius 2 is 1.50 bits per heavy atom. The van der Waals surface area contributed by atoms with Gasteiger partial charge in [-0.25, -0.2) is 0 Å². The van der Waals surface area contributed by atoms with Crippen LogP contribution in [0.2, 0.25) is 0 Å². The van der Waals surface area contributed by atoms with E-state index in [1.54, 1.807) is 37.5 Å². The Kier molecular flexibility index (Phi) is 9.37. The number of amides is 2. The molecule has 0 radical (unpaired) electrons. The largest absolute Gasteiger partial charge is 0.497 e. The first kappa shape index (κ1) is 26.8. The van der Waals surface area contributed by atoms with Crippen molar-refractivity contribution in [3.8, 4) is 17.2 Å². The Morgan fingerprint density at radius 1 is 0.842 bits per heavy atom. The SMILES string of the molecule is COc1ccc(C=CC(=O)c2cccc(OCCCCOc3ccc(C=C4SC(=O)NC4=O)cc3)c2)cc1. The molecule has 3 aromatic rings. The number of hydrogen-bond donors (Lipinski definition) is 1. The van der Waals surface area contributed by atoms with Crippen molar-refractivity contribution in [3.63, 3.8) is 0 Å². The van der Waals surface area contributed by atoms with Crippen molar-refractivity contribution in [2.45, 2.75) is 12.8 Å². The van der Waals surface area contributed by atoms with E-state index < -0.39 is 0 Å². The van der Waals surface area contributed by atoms with Gasteiger partial charge in [-0.2, -0.15) is 0 Å². The molecule has 0 atom stereocenters. The maximum absolute atomic E-state index is 12.6. The number of thioether (sulfide) groups is 1. The van der Waals surface area contributed by atoms with E-state index in [0.29, 0.717) is 29.4 Å². The lowest BCUT2D eigenvalue weighted by Gasteiger charge is -2.09. The lowest BCUT2D eigenvalue weighted by Crippen LogP contribution is -2.17. The number of allylic oxidation sites excluding steroid dienone is 1. The zero-order valence-electron chi connectivity index (χ0n) is 20.8. The lowest BCUT2D eigenvalue weighted by atomic mass is 10.1. The maximum Gasteiger partial charge on any atom is 0.290 e. The van der Waals surface area contributed by atoms with Crippen molar-refractivity contribution in [1.82, 2.24) is 5.32 Å². The van der Waals surface area contributed by atoms with Gasteiger partial charge in [0, 0.05) is 5.56 Å². The molecule has 8 heteroatoms. The summed E-state index contributed by atoms with van der Waals surface area (Å²) in [5, 5.41) is 1.88. The van der Waals surface area contributed by atoms with Gasteiger partial charge in [-0.15, -0.1) is 0 Å². The van der Waals surface area contributed by atoms with E-state index in [0.717, 1.165) is 47.2 Å². The van der Waals surface area contributed by atoms with Gasteiger partial charge in [0.25, 0.3) is 11.1 Å². The van der Waals surface area contributed by atoms with E-state index in [2.05, 4.69) is 5.32 Å². The standard InChI is InChI=1S/C30H27NO6S/c1-35-24-12-7-21(8-13-24)11-16-27(32)23-5-4-6-26(20-23)37-18-3-2-17-36-25-14-9-22(10-15-25)19-28-29(33)31-30(34)38-28/h4-16,19-20H,2-3,17-18H2,1H3,(H,31,33,34). The molecule has 1 fully saturated rings. The van der Waals surface area contributed by atoms with E-state index in [4.69, 9.17) is 14.2 Å². The lowest BCUT2D eigenvalue weighted by molar-refractivity contribution is -0.115. The Morgan fingerprint density at radius 3 is 2.16 bits per heavy atom. The second-order valence-electron chi connectivity index (χ2n) is 8.32. The summed E-state index contributed by atoms with van der Waals surface area (Å²) in [6, 6.07) is 22.0. The van der Waals surface area contributed by atoms with Gasteiger partial charge < -0.3 is 14.2 Å². The van der Waals surface area contributed by atoms with Crippen LogP contribution in [0, 0.1) is 0 Å².